The lowest BCUT2D eigenvalue weighted by molar-refractivity contribution is 0.0963. The minimum absolute atomic E-state index is 0.0678. The summed E-state index contributed by atoms with van der Waals surface area (Å²) in [5.41, 5.74) is 2.77. The van der Waals surface area contributed by atoms with Gasteiger partial charge in [0, 0.05) is 31.5 Å². The van der Waals surface area contributed by atoms with Crippen LogP contribution in [0.15, 0.2) is 48.8 Å². The molecule has 18 heavy (non-hydrogen) atoms. The van der Waals surface area contributed by atoms with Gasteiger partial charge in [0.15, 0.2) is 0 Å². The lowest BCUT2D eigenvalue weighted by Gasteiger charge is -2.06. The highest BCUT2D eigenvalue weighted by Crippen LogP contribution is 2.08. The maximum absolute atomic E-state index is 11.4. The number of aromatic nitrogens is 1. The molecule has 2 aromatic rings. The lowest BCUT2D eigenvalue weighted by Crippen LogP contribution is -2.17. The third-order valence-corrected chi connectivity index (χ3v) is 2.60. The van der Waals surface area contributed by atoms with Gasteiger partial charge < -0.3 is 10.6 Å². The Morgan fingerprint density at radius 1 is 1.22 bits per heavy atom. The van der Waals surface area contributed by atoms with Crippen molar-refractivity contribution in [2.45, 2.75) is 6.54 Å². The van der Waals surface area contributed by atoms with E-state index in [9.17, 15) is 4.79 Å². The fraction of sp³-hybridized carbons (Fsp3) is 0.143. The van der Waals surface area contributed by atoms with Crippen molar-refractivity contribution < 1.29 is 4.79 Å². The van der Waals surface area contributed by atoms with Crippen LogP contribution in [0, 0.1) is 0 Å². The molecule has 0 aliphatic heterocycles. The molecule has 0 saturated heterocycles. The number of nitrogens with one attached hydrogen (secondary N) is 2. The molecule has 4 nitrogen and oxygen atoms in total. The topological polar surface area (TPSA) is 54.0 Å². The number of benzene rings is 1. The summed E-state index contributed by atoms with van der Waals surface area (Å²) in [7, 11) is 1.63. The minimum atomic E-state index is -0.0678. The predicted octanol–water partition coefficient (Wildman–Crippen LogP) is 2.05. The number of hydrogen-bond acceptors (Lipinski definition) is 3. The highest BCUT2D eigenvalue weighted by Gasteiger charge is 2.01. The van der Waals surface area contributed by atoms with Crippen molar-refractivity contribution in [2.24, 2.45) is 0 Å². The second kappa shape index (κ2) is 5.82. The first-order valence-corrected chi connectivity index (χ1v) is 5.74. The molecule has 0 unspecified atom stereocenters. The molecule has 0 saturated carbocycles. The van der Waals surface area contributed by atoms with Crippen LogP contribution in [0.5, 0.6) is 0 Å². The molecule has 2 rings (SSSR count). The lowest BCUT2D eigenvalue weighted by atomic mass is 10.1. The number of anilines is 1. The summed E-state index contributed by atoms with van der Waals surface area (Å²) in [4.78, 5) is 15.4. The van der Waals surface area contributed by atoms with Crippen molar-refractivity contribution in [3.63, 3.8) is 0 Å². The average Bonchev–Trinajstić information content (AvgIpc) is 2.46. The number of amides is 1. The van der Waals surface area contributed by atoms with E-state index >= 15 is 0 Å². The molecule has 0 bridgehead atoms. The van der Waals surface area contributed by atoms with E-state index in [0.717, 1.165) is 11.3 Å². The van der Waals surface area contributed by atoms with Gasteiger partial charge in [-0.05, 0) is 29.8 Å². The maximum Gasteiger partial charge on any atom is 0.251 e. The molecule has 92 valence electrons. The Bertz CT molecular complexity index is 508. The van der Waals surface area contributed by atoms with E-state index in [2.05, 4.69) is 15.6 Å². The number of pyridine rings is 1. The first-order valence-electron chi connectivity index (χ1n) is 5.74. The van der Waals surface area contributed by atoms with Crippen LogP contribution >= 0.6 is 0 Å². The minimum Gasteiger partial charge on any atom is -0.380 e. The highest BCUT2D eigenvalue weighted by atomic mass is 16.1. The van der Waals surface area contributed by atoms with Crippen molar-refractivity contribution in [1.82, 2.24) is 10.3 Å². The van der Waals surface area contributed by atoms with Crippen LogP contribution in [0.1, 0.15) is 15.9 Å². The van der Waals surface area contributed by atoms with Crippen LogP contribution in [0.4, 0.5) is 5.69 Å². The van der Waals surface area contributed by atoms with Crippen molar-refractivity contribution in [3.05, 3.63) is 59.9 Å². The zero-order valence-corrected chi connectivity index (χ0v) is 10.2. The van der Waals surface area contributed by atoms with E-state index in [0.29, 0.717) is 12.1 Å². The molecule has 1 aromatic heterocycles. The first kappa shape index (κ1) is 12.1. The number of carbonyl (C=O) groups is 1. The Morgan fingerprint density at radius 3 is 2.61 bits per heavy atom. The Balaban J connectivity index is 1.97. The molecule has 0 aliphatic carbocycles. The van der Waals surface area contributed by atoms with Gasteiger partial charge in [-0.25, -0.2) is 0 Å². The van der Waals surface area contributed by atoms with Gasteiger partial charge in [-0.3, -0.25) is 9.78 Å². The molecule has 0 fully saturated rings. The van der Waals surface area contributed by atoms with Crippen LogP contribution in [-0.4, -0.2) is 17.9 Å². The van der Waals surface area contributed by atoms with Gasteiger partial charge in [-0.1, -0.05) is 12.1 Å². The number of rotatable bonds is 4. The van der Waals surface area contributed by atoms with Gasteiger partial charge in [0.25, 0.3) is 5.91 Å². The summed E-state index contributed by atoms with van der Waals surface area (Å²) in [6, 6.07) is 11.4. The summed E-state index contributed by atoms with van der Waals surface area (Å²) in [6.45, 7) is 0.708. The third-order valence-electron chi connectivity index (χ3n) is 2.60. The van der Waals surface area contributed by atoms with Gasteiger partial charge in [0.05, 0.1) is 5.69 Å². The first-order chi connectivity index (χ1) is 8.79. The zero-order valence-electron chi connectivity index (χ0n) is 10.2. The molecule has 2 N–H and O–H groups in total. The largest absolute Gasteiger partial charge is 0.380 e. The van der Waals surface area contributed by atoms with Gasteiger partial charge in [-0.2, -0.15) is 0 Å². The third kappa shape index (κ3) is 3.07. The fourth-order valence-electron chi connectivity index (χ4n) is 1.59. The second-order valence-electron chi connectivity index (χ2n) is 3.87. The SMILES string of the molecule is CNC(=O)c1ccc(CNc2cccnc2)cc1. The van der Waals surface area contributed by atoms with E-state index in [4.69, 9.17) is 0 Å². The normalized spacial score (nSPS) is 9.83. The van der Waals surface area contributed by atoms with Gasteiger partial charge in [0.2, 0.25) is 0 Å². The van der Waals surface area contributed by atoms with Gasteiger partial charge in [-0.15, -0.1) is 0 Å². The summed E-state index contributed by atoms with van der Waals surface area (Å²) < 4.78 is 0. The predicted molar refractivity (Wildman–Crippen MR) is 71.4 cm³/mol. The van der Waals surface area contributed by atoms with E-state index in [1.54, 1.807) is 19.4 Å². The molecule has 1 amide bonds. The van der Waals surface area contributed by atoms with E-state index in [1.807, 2.05) is 36.4 Å². The smallest absolute Gasteiger partial charge is 0.251 e. The number of hydrogen-bond donors (Lipinski definition) is 2. The van der Waals surface area contributed by atoms with E-state index < -0.39 is 0 Å². The van der Waals surface area contributed by atoms with Crippen molar-refractivity contribution in [1.29, 1.82) is 0 Å². The summed E-state index contributed by atoms with van der Waals surface area (Å²) in [6.07, 6.45) is 3.52. The Labute approximate surface area is 106 Å². The molecule has 0 aliphatic rings. The van der Waals surface area contributed by atoms with Gasteiger partial charge in [0.1, 0.15) is 0 Å². The second-order valence-corrected chi connectivity index (χ2v) is 3.87. The molecule has 1 aromatic carbocycles. The Hall–Kier alpha value is -2.36. The highest BCUT2D eigenvalue weighted by molar-refractivity contribution is 5.93. The molecular weight excluding hydrogens is 226 g/mol. The fourth-order valence-corrected chi connectivity index (χ4v) is 1.59. The molecule has 0 atom stereocenters. The molecule has 4 heteroatoms. The van der Waals surface area contributed by atoms with Crippen LogP contribution < -0.4 is 10.6 Å². The Morgan fingerprint density at radius 2 is 2.00 bits per heavy atom. The zero-order chi connectivity index (χ0) is 12.8. The summed E-state index contributed by atoms with van der Waals surface area (Å²) in [5.74, 6) is -0.0678. The van der Waals surface area contributed by atoms with E-state index in [-0.39, 0.29) is 5.91 Å². The van der Waals surface area contributed by atoms with Crippen LogP contribution in [0.3, 0.4) is 0 Å². The molecule has 1 heterocycles. The number of nitrogens with zero attached hydrogens (tertiary/aromatic N) is 1. The Kier molecular flexibility index (Phi) is 3.91. The standard InChI is InChI=1S/C14H15N3O/c1-15-14(18)12-6-4-11(5-7-12)9-17-13-3-2-8-16-10-13/h2-8,10,17H,9H2,1H3,(H,15,18). The average molecular weight is 241 g/mol. The monoisotopic (exact) mass is 241 g/mol. The van der Waals surface area contributed by atoms with Crippen molar-refractivity contribution >= 4 is 11.6 Å². The van der Waals surface area contributed by atoms with Crippen LogP contribution in [0.2, 0.25) is 0 Å². The molecule has 0 spiro atoms. The van der Waals surface area contributed by atoms with Crippen LogP contribution in [0.25, 0.3) is 0 Å². The molecule has 0 radical (unpaired) electrons. The summed E-state index contributed by atoms with van der Waals surface area (Å²) in [5, 5.41) is 5.86. The quantitative estimate of drug-likeness (QED) is 0.861. The van der Waals surface area contributed by atoms with Crippen molar-refractivity contribution in [2.75, 3.05) is 12.4 Å². The maximum atomic E-state index is 11.4. The van der Waals surface area contributed by atoms with E-state index in [1.165, 1.54) is 0 Å². The van der Waals surface area contributed by atoms with Crippen LogP contribution in [-0.2, 0) is 6.54 Å². The number of carbonyl (C=O) groups excluding carboxylic acids is 1. The summed E-state index contributed by atoms with van der Waals surface area (Å²) >= 11 is 0. The molecular formula is C14H15N3O. The van der Waals surface area contributed by atoms with Gasteiger partial charge >= 0.3 is 0 Å². The van der Waals surface area contributed by atoms with Crippen molar-refractivity contribution in [3.8, 4) is 0 Å².